The van der Waals surface area contributed by atoms with Gasteiger partial charge in [0.2, 0.25) is 0 Å². The Hall–Kier alpha value is -1.36. The van der Waals surface area contributed by atoms with Gasteiger partial charge in [0.1, 0.15) is 0 Å². The SMILES string of the molecule is CCCCCCCC/C=C\CCCCCCCCOC(=O)C(CCCCN1CCCCCC1)CC(=O)O. The van der Waals surface area contributed by atoms with E-state index in [0.717, 1.165) is 32.2 Å². The predicted molar refractivity (Wildman–Crippen MR) is 155 cm³/mol. The first-order valence-corrected chi connectivity index (χ1v) is 15.9. The fourth-order valence-electron chi connectivity index (χ4n) is 5.24. The Kier molecular flexibility index (Phi) is 22.7. The number of carbonyl (C=O) groups excluding carboxylic acids is 1. The number of hydrogen-bond acceptors (Lipinski definition) is 4. The lowest BCUT2D eigenvalue weighted by atomic mass is 9.98. The van der Waals surface area contributed by atoms with E-state index in [0.29, 0.717) is 13.0 Å². The molecule has 0 saturated carbocycles. The lowest BCUT2D eigenvalue weighted by Gasteiger charge is -2.20. The van der Waals surface area contributed by atoms with Gasteiger partial charge in [-0.05, 0) is 77.4 Å². The zero-order chi connectivity index (χ0) is 26.8. The second kappa shape index (κ2) is 24.9. The Balaban J connectivity index is 1.99. The number of likely N-dealkylation sites (tertiary alicyclic amines) is 1. The van der Waals surface area contributed by atoms with E-state index in [1.807, 2.05) is 0 Å². The zero-order valence-corrected chi connectivity index (χ0v) is 24.2. The number of carboxylic acid groups (broad SMARTS) is 1. The lowest BCUT2D eigenvalue weighted by Crippen LogP contribution is -2.26. The minimum absolute atomic E-state index is 0.115. The Morgan fingerprint density at radius 2 is 1.32 bits per heavy atom. The maximum Gasteiger partial charge on any atom is 0.309 e. The van der Waals surface area contributed by atoms with Crippen LogP contribution in [0.25, 0.3) is 0 Å². The highest BCUT2D eigenvalue weighted by Crippen LogP contribution is 2.17. The van der Waals surface area contributed by atoms with Crippen LogP contribution in [-0.4, -0.2) is 48.2 Å². The molecule has 37 heavy (non-hydrogen) atoms. The van der Waals surface area contributed by atoms with Gasteiger partial charge >= 0.3 is 11.9 Å². The molecule has 0 bridgehead atoms. The minimum Gasteiger partial charge on any atom is -0.481 e. The van der Waals surface area contributed by atoms with Crippen LogP contribution >= 0.6 is 0 Å². The first kappa shape index (κ1) is 33.7. The average molecular weight is 522 g/mol. The molecule has 1 atom stereocenters. The second-order valence-corrected chi connectivity index (χ2v) is 11.2. The highest BCUT2D eigenvalue weighted by molar-refractivity contribution is 5.79. The number of aliphatic carboxylic acids is 1. The fraction of sp³-hybridized carbons (Fsp3) is 0.875. The topological polar surface area (TPSA) is 66.8 Å². The van der Waals surface area contributed by atoms with Crippen molar-refractivity contribution in [3.05, 3.63) is 12.2 Å². The zero-order valence-electron chi connectivity index (χ0n) is 24.2. The van der Waals surface area contributed by atoms with Crippen molar-refractivity contribution in [1.82, 2.24) is 4.90 Å². The first-order valence-electron chi connectivity index (χ1n) is 15.9. The summed E-state index contributed by atoms with van der Waals surface area (Å²) >= 11 is 0. The number of hydrogen-bond donors (Lipinski definition) is 1. The number of ether oxygens (including phenoxy) is 1. The van der Waals surface area contributed by atoms with Crippen molar-refractivity contribution < 1.29 is 19.4 Å². The van der Waals surface area contributed by atoms with Crippen LogP contribution in [0.4, 0.5) is 0 Å². The molecule has 1 fully saturated rings. The van der Waals surface area contributed by atoms with E-state index in [2.05, 4.69) is 24.0 Å². The van der Waals surface area contributed by atoms with Crippen molar-refractivity contribution in [1.29, 1.82) is 0 Å². The summed E-state index contributed by atoms with van der Waals surface area (Å²) < 4.78 is 5.47. The van der Waals surface area contributed by atoms with Crippen LogP contribution in [0.3, 0.4) is 0 Å². The normalized spacial score (nSPS) is 15.6. The average Bonchev–Trinajstić information content (AvgIpc) is 3.16. The van der Waals surface area contributed by atoms with Gasteiger partial charge in [-0.1, -0.05) is 96.1 Å². The van der Waals surface area contributed by atoms with E-state index in [9.17, 15) is 14.7 Å². The molecule has 1 unspecified atom stereocenters. The van der Waals surface area contributed by atoms with Crippen molar-refractivity contribution in [2.24, 2.45) is 5.92 Å². The number of carboxylic acids is 1. The Labute approximate surface area is 228 Å². The lowest BCUT2D eigenvalue weighted by molar-refractivity contribution is -0.153. The molecule has 0 aromatic heterocycles. The van der Waals surface area contributed by atoms with E-state index < -0.39 is 11.9 Å². The minimum atomic E-state index is -0.910. The van der Waals surface area contributed by atoms with Gasteiger partial charge in [-0.3, -0.25) is 9.59 Å². The maximum atomic E-state index is 12.5. The van der Waals surface area contributed by atoms with Crippen LogP contribution in [0.15, 0.2) is 12.2 Å². The third kappa shape index (κ3) is 21.3. The number of allylic oxidation sites excluding steroid dienone is 2. The number of esters is 1. The summed E-state index contributed by atoms with van der Waals surface area (Å²) in [5, 5.41) is 9.22. The van der Waals surface area contributed by atoms with Crippen LogP contribution in [-0.2, 0) is 14.3 Å². The van der Waals surface area contributed by atoms with Gasteiger partial charge in [0, 0.05) is 0 Å². The molecule has 1 heterocycles. The summed E-state index contributed by atoms with van der Waals surface area (Å²) in [5.41, 5.74) is 0. The van der Waals surface area contributed by atoms with E-state index in [1.54, 1.807) is 0 Å². The molecule has 1 aliphatic heterocycles. The molecule has 5 nitrogen and oxygen atoms in total. The van der Waals surface area contributed by atoms with Crippen molar-refractivity contribution in [2.75, 3.05) is 26.2 Å². The summed E-state index contributed by atoms with van der Waals surface area (Å²) in [6.45, 7) is 6.10. The van der Waals surface area contributed by atoms with Crippen molar-refractivity contribution >= 4 is 11.9 Å². The van der Waals surface area contributed by atoms with Crippen LogP contribution in [0.2, 0.25) is 0 Å². The van der Waals surface area contributed by atoms with Crippen molar-refractivity contribution in [3.63, 3.8) is 0 Å². The molecule has 0 aromatic carbocycles. The van der Waals surface area contributed by atoms with Gasteiger partial charge in [0.05, 0.1) is 18.9 Å². The molecule has 216 valence electrons. The van der Waals surface area contributed by atoms with Crippen molar-refractivity contribution in [2.45, 2.75) is 148 Å². The molecule has 0 aliphatic carbocycles. The second-order valence-electron chi connectivity index (χ2n) is 11.2. The molecule has 0 amide bonds. The van der Waals surface area contributed by atoms with Gasteiger partial charge in [-0.25, -0.2) is 0 Å². The highest BCUT2D eigenvalue weighted by Gasteiger charge is 2.23. The molecule has 0 aromatic rings. The largest absolute Gasteiger partial charge is 0.481 e. The molecule has 0 radical (unpaired) electrons. The molecular formula is C32H59NO4. The maximum absolute atomic E-state index is 12.5. The van der Waals surface area contributed by atoms with Crippen LogP contribution in [0.1, 0.15) is 148 Å². The van der Waals surface area contributed by atoms with E-state index in [4.69, 9.17) is 4.74 Å². The highest BCUT2D eigenvalue weighted by atomic mass is 16.5. The number of unbranched alkanes of at least 4 members (excludes halogenated alkanes) is 13. The molecule has 0 spiro atoms. The van der Waals surface area contributed by atoms with E-state index in [-0.39, 0.29) is 12.4 Å². The molecule has 1 aliphatic rings. The summed E-state index contributed by atoms with van der Waals surface area (Å²) in [6.07, 6.45) is 29.9. The number of rotatable bonds is 24. The predicted octanol–water partition coefficient (Wildman–Crippen LogP) is 8.70. The third-order valence-corrected chi connectivity index (χ3v) is 7.63. The van der Waals surface area contributed by atoms with E-state index >= 15 is 0 Å². The Morgan fingerprint density at radius 1 is 0.757 bits per heavy atom. The van der Waals surface area contributed by atoms with E-state index in [1.165, 1.54) is 116 Å². The molecule has 5 heteroatoms. The Bertz CT molecular complexity index is 569. The van der Waals surface area contributed by atoms with Crippen molar-refractivity contribution in [3.8, 4) is 0 Å². The van der Waals surface area contributed by atoms with Crippen LogP contribution in [0.5, 0.6) is 0 Å². The van der Waals surface area contributed by atoms with Gasteiger partial charge in [-0.15, -0.1) is 0 Å². The molecule has 1 saturated heterocycles. The monoisotopic (exact) mass is 521 g/mol. The van der Waals surface area contributed by atoms with Crippen LogP contribution in [0, 0.1) is 5.92 Å². The number of carbonyl (C=O) groups is 2. The summed E-state index contributed by atoms with van der Waals surface area (Å²) in [7, 11) is 0. The number of nitrogens with zero attached hydrogens (tertiary/aromatic N) is 1. The van der Waals surface area contributed by atoms with Gasteiger partial charge < -0.3 is 14.7 Å². The molecular weight excluding hydrogens is 462 g/mol. The molecule has 1 N–H and O–H groups in total. The summed E-state index contributed by atoms with van der Waals surface area (Å²) in [4.78, 5) is 26.2. The summed E-state index contributed by atoms with van der Waals surface area (Å²) in [6, 6.07) is 0. The third-order valence-electron chi connectivity index (χ3n) is 7.63. The smallest absolute Gasteiger partial charge is 0.309 e. The Morgan fingerprint density at radius 3 is 1.92 bits per heavy atom. The van der Waals surface area contributed by atoms with Gasteiger partial charge in [0.25, 0.3) is 0 Å². The standard InChI is InChI=1S/C32H59NO4/c1-2-3-4-5-6-7-8-9-10-11-12-13-14-15-18-23-28-37-32(36)30(29-31(34)35)24-19-22-27-33-25-20-16-17-21-26-33/h9-10,30H,2-8,11-29H2,1H3,(H,34,35)/b10-9-. The van der Waals surface area contributed by atoms with Gasteiger partial charge in [-0.2, -0.15) is 0 Å². The molecule has 1 rings (SSSR count). The summed E-state index contributed by atoms with van der Waals surface area (Å²) in [5.74, 6) is -1.73. The first-order chi connectivity index (χ1) is 18.1. The van der Waals surface area contributed by atoms with Crippen LogP contribution < -0.4 is 0 Å². The van der Waals surface area contributed by atoms with Gasteiger partial charge in [0.15, 0.2) is 0 Å². The quantitative estimate of drug-likeness (QED) is 0.0781. The fourth-order valence-corrected chi connectivity index (χ4v) is 5.24.